The summed E-state index contributed by atoms with van der Waals surface area (Å²) in [5.41, 5.74) is 5.24. The van der Waals surface area contributed by atoms with E-state index in [-0.39, 0.29) is 11.7 Å². The molecule has 188 valence electrons. The molecule has 0 saturated carbocycles. The maximum Gasteiger partial charge on any atom is 0.273 e. The summed E-state index contributed by atoms with van der Waals surface area (Å²) in [5.74, 6) is 0.687. The van der Waals surface area contributed by atoms with Crippen molar-refractivity contribution in [2.45, 2.75) is 19.2 Å². The van der Waals surface area contributed by atoms with E-state index in [1.54, 1.807) is 18.2 Å². The summed E-state index contributed by atoms with van der Waals surface area (Å²) in [4.78, 5) is 15.5. The van der Waals surface area contributed by atoms with Crippen LogP contribution >= 0.6 is 11.6 Å². The molecule has 0 fully saturated rings. The number of aromatic amines is 1. The summed E-state index contributed by atoms with van der Waals surface area (Å²) in [5, 5.41) is 18.6. The Hall–Kier alpha value is -4.55. The Bertz CT molecular complexity index is 1580. The summed E-state index contributed by atoms with van der Waals surface area (Å²) in [7, 11) is 0. The third-order valence-electron chi connectivity index (χ3n) is 6.73. The highest BCUT2D eigenvalue weighted by atomic mass is 35.5. The number of phenols is 1. The number of nitrogens with one attached hydrogen (secondary N) is 1. The number of hydrogen-bond acceptors (Lipinski definition) is 4. The Labute approximate surface area is 225 Å². The molecule has 5 aromatic rings. The van der Waals surface area contributed by atoms with Gasteiger partial charge in [0.15, 0.2) is 0 Å². The van der Waals surface area contributed by atoms with Crippen molar-refractivity contribution < 1.29 is 14.6 Å². The zero-order valence-corrected chi connectivity index (χ0v) is 21.1. The molecule has 0 spiro atoms. The Morgan fingerprint density at radius 3 is 2.32 bits per heavy atom. The number of phenolic OH excluding ortho intramolecular Hbond substituents is 1. The van der Waals surface area contributed by atoms with E-state index >= 15 is 0 Å². The SMILES string of the molecule is O=C1c2[nH]nc(-c3ccccc3O)c2C(c2ccc(OCc3ccccc3)cc2)N1Cc1ccc(Cl)cc1. The van der Waals surface area contributed by atoms with Crippen LogP contribution in [0, 0.1) is 0 Å². The van der Waals surface area contributed by atoms with Crippen LogP contribution in [0.5, 0.6) is 11.5 Å². The minimum atomic E-state index is -0.412. The Balaban J connectivity index is 1.37. The molecule has 1 aromatic heterocycles. The molecule has 0 bridgehead atoms. The Kier molecular flexibility index (Phi) is 6.32. The number of ether oxygens (including phenoxy) is 1. The normalized spacial score (nSPS) is 14.5. The van der Waals surface area contributed by atoms with Crippen LogP contribution < -0.4 is 4.74 Å². The molecule has 38 heavy (non-hydrogen) atoms. The molecule has 1 amide bonds. The summed E-state index contributed by atoms with van der Waals surface area (Å²) >= 11 is 6.09. The zero-order valence-electron chi connectivity index (χ0n) is 20.3. The summed E-state index contributed by atoms with van der Waals surface area (Å²) in [6.07, 6.45) is 0. The Morgan fingerprint density at radius 1 is 0.868 bits per heavy atom. The molecular weight excluding hydrogens is 498 g/mol. The third kappa shape index (κ3) is 4.51. The van der Waals surface area contributed by atoms with E-state index in [0.717, 1.165) is 28.0 Å². The lowest BCUT2D eigenvalue weighted by atomic mass is 9.95. The van der Waals surface area contributed by atoms with Crippen LogP contribution in [0.25, 0.3) is 11.3 Å². The minimum Gasteiger partial charge on any atom is -0.507 e. The van der Waals surface area contributed by atoms with Gasteiger partial charge in [0.1, 0.15) is 29.5 Å². The second-order valence-corrected chi connectivity index (χ2v) is 9.62. The van der Waals surface area contributed by atoms with Crippen LogP contribution in [-0.2, 0) is 13.2 Å². The molecule has 6 rings (SSSR count). The van der Waals surface area contributed by atoms with E-state index in [1.807, 2.05) is 89.8 Å². The van der Waals surface area contributed by atoms with Gasteiger partial charge in [0.05, 0.1) is 6.04 Å². The lowest BCUT2D eigenvalue weighted by molar-refractivity contribution is 0.0730. The number of aromatic nitrogens is 2. The summed E-state index contributed by atoms with van der Waals surface area (Å²) in [6.45, 7) is 0.851. The number of hydrogen-bond donors (Lipinski definition) is 2. The fourth-order valence-electron chi connectivity index (χ4n) is 4.86. The molecule has 6 nitrogen and oxygen atoms in total. The molecule has 1 atom stereocenters. The summed E-state index contributed by atoms with van der Waals surface area (Å²) in [6, 6.07) is 31.9. The molecule has 1 aliphatic rings. The topological polar surface area (TPSA) is 78.5 Å². The van der Waals surface area contributed by atoms with Crippen molar-refractivity contribution in [1.29, 1.82) is 0 Å². The number of nitrogens with zero attached hydrogens (tertiary/aromatic N) is 2. The number of halogens is 1. The van der Waals surface area contributed by atoms with Crippen molar-refractivity contribution in [1.82, 2.24) is 15.1 Å². The highest BCUT2D eigenvalue weighted by molar-refractivity contribution is 6.30. The van der Waals surface area contributed by atoms with Gasteiger partial charge >= 0.3 is 0 Å². The first kappa shape index (κ1) is 23.8. The van der Waals surface area contributed by atoms with Crippen molar-refractivity contribution >= 4 is 17.5 Å². The van der Waals surface area contributed by atoms with Gasteiger partial charge < -0.3 is 14.7 Å². The third-order valence-corrected chi connectivity index (χ3v) is 6.99. The second kappa shape index (κ2) is 10.1. The van der Waals surface area contributed by atoms with E-state index in [4.69, 9.17) is 16.3 Å². The van der Waals surface area contributed by atoms with Crippen molar-refractivity contribution in [2.75, 3.05) is 0 Å². The molecule has 0 aliphatic carbocycles. The van der Waals surface area contributed by atoms with E-state index in [9.17, 15) is 9.90 Å². The van der Waals surface area contributed by atoms with Gasteiger partial charge in [-0.05, 0) is 53.1 Å². The minimum absolute atomic E-state index is 0.105. The molecule has 0 radical (unpaired) electrons. The van der Waals surface area contributed by atoms with Crippen molar-refractivity contribution in [2.24, 2.45) is 0 Å². The Morgan fingerprint density at radius 2 is 1.58 bits per heavy atom. The van der Waals surface area contributed by atoms with Gasteiger partial charge in [-0.25, -0.2) is 0 Å². The number of aromatic hydroxyl groups is 1. The van der Waals surface area contributed by atoms with Crippen LogP contribution in [0.3, 0.4) is 0 Å². The van der Waals surface area contributed by atoms with Crippen molar-refractivity contribution in [3.63, 3.8) is 0 Å². The first-order chi connectivity index (χ1) is 18.6. The second-order valence-electron chi connectivity index (χ2n) is 9.18. The number of carbonyl (C=O) groups is 1. The molecule has 4 aromatic carbocycles. The monoisotopic (exact) mass is 521 g/mol. The number of amides is 1. The number of carbonyl (C=O) groups excluding carboxylic acids is 1. The standard InChI is InChI=1S/C31H24ClN3O3/c32-23-14-10-20(11-15-23)18-35-30(22-12-16-24(17-13-22)38-19-21-6-2-1-3-7-21)27-28(33-34-29(27)31(35)37)25-8-4-5-9-26(25)36/h1-17,30,36H,18-19H2,(H,33,34). The van der Waals surface area contributed by atoms with Gasteiger partial charge in [-0.3, -0.25) is 9.89 Å². The summed E-state index contributed by atoms with van der Waals surface area (Å²) < 4.78 is 5.98. The van der Waals surface area contributed by atoms with E-state index in [2.05, 4.69) is 10.2 Å². The van der Waals surface area contributed by atoms with Gasteiger partial charge in [0.2, 0.25) is 0 Å². The predicted octanol–water partition coefficient (Wildman–Crippen LogP) is 6.76. The van der Waals surface area contributed by atoms with E-state index in [1.165, 1.54) is 0 Å². The van der Waals surface area contributed by atoms with Crippen LogP contribution in [0.4, 0.5) is 0 Å². The molecular formula is C31H24ClN3O3. The van der Waals surface area contributed by atoms with Gasteiger partial charge in [-0.1, -0.05) is 78.3 Å². The highest BCUT2D eigenvalue weighted by Crippen LogP contribution is 2.45. The van der Waals surface area contributed by atoms with Gasteiger partial charge in [-0.2, -0.15) is 5.10 Å². The number of rotatable bonds is 7. The average Bonchev–Trinajstić information content (AvgIpc) is 3.49. The fourth-order valence-corrected chi connectivity index (χ4v) is 4.99. The average molecular weight is 522 g/mol. The van der Waals surface area contributed by atoms with Crippen LogP contribution in [0.15, 0.2) is 103 Å². The smallest absolute Gasteiger partial charge is 0.273 e. The van der Waals surface area contributed by atoms with E-state index in [0.29, 0.717) is 35.1 Å². The largest absolute Gasteiger partial charge is 0.507 e. The molecule has 2 N–H and O–H groups in total. The molecule has 2 heterocycles. The molecule has 1 aliphatic heterocycles. The predicted molar refractivity (Wildman–Crippen MR) is 146 cm³/mol. The number of H-pyrrole nitrogens is 1. The molecule has 1 unspecified atom stereocenters. The van der Waals surface area contributed by atoms with Gasteiger partial charge in [-0.15, -0.1) is 0 Å². The number of fused-ring (bicyclic) bond motifs is 1. The fraction of sp³-hybridized carbons (Fsp3) is 0.0968. The van der Waals surface area contributed by atoms with Crippen LogP contribution in [0.1, 0.15) is 38.8 Å². The number of para-hydroxylation sites is 1. The van der Waals surface area contributed by atoms with E-state index < -0.39 is 6.04 Å². The van der Waals surface area contributed by atoms with Crippen LogP contribution in [-0.4, -0.2) is 26.1 Å². The quantitative estimate of drug-likeness (QED) is 0.248. The maximum atomic E-state index is 13.6. The first-order valence-corrected chi connectivity index (χ1v) is 12.6. The van der Waals surface area contributed by atoms with Gasteiger partial charge in [0.25, 0.3) is 5.91 Å². The number of benzene rings is 4. The zero-order chi connectivity index (χ0) is 26.1. The highest BCUT2D eigenvalue weighted by Gasteiger charge is 2.42. The van der Waals surface area contributed by atoms with Crippen molar-refractivity contribution in [3.8, 4) is 22.8 Å². The van der Waals surface area contributed by atoms with Crippen molar-refractivity contribution in [3.05, 3.63) is 136 Å². The maximum absolute atomic E-state index is 13.6. The van der Waals surface area contributed by atoms with Crippen LogP contribution in [0.2, 0.25) is 5.02 Å². The lowest BCUT2D eigenvalue weighted by Crippen LogP contribution is -2.29. The van der Waals surface area contributed by atoms with Gasteiger partial charge in [0, 0.05) is 22.7 Å². The molecule has 0 saturated heterocycles. The first-order valence-electron chi connectivity index (χ1n) is 12.3. The molecule has 7 heteroatoms. The lowest BCUT2D eigenvalue weighted by Gasteiger charge is -2.27.